The molecular formula is C20H22ClN3O3. The average Bonchev–Trinajstić information content (AvgIpc) is 2.70. The van der Waals surface area contributed by atoms with Gasteiger partial charge in [0, 0.05) is 42.5 Å². The standard InChI is InChI=1S/C20H22ClN3O3/c1-14-3-6-16(13-18(14)21)22-20(26)24-11-9-23(10-12-24)19(25)15-4-7-17(27-2)8-5-15/h3-8,13H,9-12H2,1-2H3,(H,22,26). The topological polar surface area (TPSA) is 61.9 Å². The SMILES string of the molecule is COc1ccc(C(=O)N2CCN(C(=O)Nc3ccc(C)c(Cl)c3)CC2)cc1. The Labute approximate surface area is 163 Å². The molecule has 27 heavy (non-hydrogen) atoms. The highest BCUT2D eigenvalue weighted by atomic mass is 35.5. The van der Waals surface area contributed by atoms with Gasteiger partial charge in [0.05, 0.1) is 7.11 Å². The molecule has 3 amide bonds. The molecule has 7 heteroatoms. The number of rotatable bonds is 3. The predicted octanol–water partition coefficient (Wildman–Crippen LogP) is 3.65. The molecule has 6 nitrogen and oxygen atoms in total. The monoisotopic (exact) mass is 387 g/mol. The van der Waals surface area contributed by atoms with E-state index >= 15 is 0 Å². The Balaban J connectivity index is 1.55. The maximum atomic E-state index is 12.6. The zero-order valence-electron chi connectivity index (χ0n) is 15.4. The van der Waals surface area contributed by atoms with Crippen molar-refractivity contribution in [3.63, 3.8) is 0 Å². The largest absolute Gasteiger partial charge is 0.497 e. The van der Waals surface area contributed by atoms with Crippen LogP contribution in [0, 0.1) is 6.92 Å². The van der Waals surface area contributed by atoms with E-state index in [2.05, 4.69) is 5.32 Å². The maximum absolute atomic E-state index is 12.6. The highest BCUT2D eigenvalue weighted by Gasteiger charge is 2.25. The lowest BCUT2D eigenvalue weighted by molar-refractivity contribution is 0.0671. The second-order valence-electron chi connectivity index (χ2n) is 6.40. The van der Waals surface area contributed by atoms with Crippen LogP contribution in [0.4, 0.5) is 10.5 Å². The fraction of sp³-hybridized carbons (Fsp3) is 0.300. The van der Waals surface area contributed by atoms with Gasteiger partial charge in [0.1, 0.15) is 5.75 Å². The number of nitrogens with one attached hydrogen (secondary N) is 1. The first-order valence-corrected chi connectivity index (χ1v) is 9.11. The lowest BCUT2D eigenvalue weighted by Crippen LogP contribution is -2.51. The molecule has 0 atom stereocenters. The summed E-state index contributed by atoms with van der Waals surface area (Å²) in [6.07, 6.45) is 0. The number of ether oxygens (including phenoxy) is 1. The molecule has 0 bridgehead atoms. The van der Waals surface area contributed by atoms with Gasteiger partial charge in [-0.15, -0.1) is 0 Å². The van der Waals surface area contributed by atoms with Crippen molar-refractivity contribution in [2.24, 2.45) is 0 Å². The number of benzene rings is 2. The quantitative estimate of drug-likeness (QED) is 0.874. The number of piperazine rings is 1. The summed E-state index contributed by atoms with van der Waals surface area (Å²) in [6.45, 7) is 3.85. The van der Waals surface area contributed by atoms with Crippen molar-refractivity contribution in [1.82, 2.24) is 9.80 Å². The molecule has 3 rings (SSSR count). The fourth-order valence-corrected chi connectivity index (χ4v) is 3.08. The Morgan fingerprint density at radius 1 is 1.00 bits per heavy atom. The summed E-state index contributed by atoms with van der Waals surface area (Å²) in [7, 11) is 1.59. The summed E-state index contributed by atoms with van der Waals surface area (Å²) in [5.74, 6) is 0.673. The van der Waals surface area contributed by atoms with Crippen molar-refractivity contribution in [3.8, 4) is 5.75 Å². The number of carbonyl (C=O) groups excluding carboxylic acids is 2. The molecule has 142 valence electrons. The number of carbonyl (C=O) groups is 2. The molecule has 2 aromatic rings. The van der Waals surface area contributed by atoms with Crippen LogP contribution in [0.5, 0.6) is 5.75 Å². The van der Waals surface area contributed by atoms with Gasteiger partial charge < -0.3 is 19.9 Å². The van der Waals surface area contributed by atoms with Gasteiger partial charge in [-0.25, -0.2) is 4.79 Å². The molecule has 1 N–H and O–H groups in total. The first kappa shape index (κ1) is 19.0. The van der Waals surface area contributed by atoms with Crippen LogP contribution in [0.1, 0.15) is 15.9 Å². The fourth-order valence-electron chi connectivity index (χ4n) is 2.90. The van der Waals surface area contributed by atoms with Crippen LogP contribution in [0.25, 0.3) is 0 Å². The van der Waals surface area contributed by atoms with Crippen LogP contribution in [0.15, 0.2) is 42.5 Å². The van der Waals surface area contributed by atoms with Crippen molar-refractivity contribution in [2.75, 3.05) is 38.6 Å². The Hall–Kier alpha value is -2.73. The first-order chi connectivity index (χ1) is 13.0. The maximum Gasteiger partial charge on any atom is 0.321 e. The molecule has 0 unspecified atom stereocenters. The Morgan fingerprint density at radius 2 is 1.63 bits per heavy atom. The van der Waals surface area contributed by atoms with E-state index in [0.717, 1.165) is 5.56 Å². The van der Waals surface area contributed by atoms with E-state index in [9.17, 15) is 9.59 Å². The highest BCUT2D eigenvalue weighted by molar-refractivity contribution is 6.31. The van der Waals surface area contributed by atoms with Gasteiger partial charge in [-0.1, -0.05) is 17.7 Å². The number of anilines is 1. The molecule has 1 aliphatic heterocycles. The number of methoxy groups -OCH3 is 1. The summed E-state index contributed by atoms with van der Waals surface area (Å²) in [5.41, 5.74) is 2.23. The molecule has 1 fully saturated rings. The number of aryl methyl sites for hydroxylation is 1. The lowest BCUT2D eigenvalue weighted by Gasteiger charge is -2.34. The molecule has 0 aromatic heterocycles. The van der Waals surface area contributed by atoms with Crippen molar-refractivity contribution in [2.45, 2.75) is 6.92 Å². The predicted molar refractivity (Wildman–Crippen MR) is 106 cm³/mol. The second kappa shape index (κ2) is 8.31. The highest BCUT2D eigenvalue weighted by Crippen LogP contribution is 2.20. The molecule has 0 aliphatic carbocycles. The number of halogens is 1. The third-order valence-electron chi connectivity index (χ3n) is 4.61. The Bertz CT molecular complexity index is 831. The van der Waals surface area contributed by atoms with E-state index in [0.29, 0.717) is 48.2 Å². The molecule has 1 saturated heterocycles. The summed E-state index contributed by atoms with van der Waals surface area (Å²) in [6, 6.07) is 12.3. The van der Waals surface area contributed by atoms with E-state index in [1.807, 2.05) is 19.1 Å². The van der Waals surface area contributed by atoms with Gasteiger partial charge in [-0.3, -0.25) is 4.79 Å². The summed E-state index contributed by atoms with van der Waals surface area (Å²) < 4.78 is 5.11. The van der Waals surface area contributed by atoms with Crippen molar-refractivity contribution >= 4 is 29.2 Å². The summed E-state index contributed by atoms with van der Waals surface area (Å²) in [5, 5.41) is 3.47. The van der Waals surface area contributed by atoms with E-state index in [-0.39, 0.29) is 11.9 Å². The zero-order chi connectivity index (χ0) is 19.4. The van der Waals surface area contributed by atoms with Gasteiger partial charge in [-0.2, -0.15) is 0 Å². The van der Waals surface area contributed by atoms with Crippen LogP contribution in [0.2, 0.25) is 5.02 Å². The molecular weight excluding hydrogens is 366 g/mol. The number of hydrogen-bond acceptors (Lipinski definition) is 3. The van der Waals surface area contributed by atoms with Gasteiger partial charge in [0.2, 0.25) is 0 Å². The van der Waals surface area contributed by atoms with Crippen LogP contribution in [-0.2, 0) is 0 Å². The average molecular weight is 388 g/mol. The lowest BCUT2D eigenvalue weighted by atomic mass is 10.1. The van der Waals surface area contributed by atoms with E-state index in [4.69, 9.17) is 16.3 Å². The van der Waals surface area contributed by atoms with Gasteiger partial charge in [-0.05, 0) is 48.9 Å². The van der Waals surface area contributed by atoms with Crippen molar-refractivity contribution < 1.29 is 14.3 Å². The zero-order valence-corrected chi connectivity index (χ0v) is 16.1. The van der Waals surface area contributed by atoms with Crippen molar-refractivity contribution in [3.05, 3.63) is 58.6 Å². The second-order valence-corrected chi connectivity index (χ2v) is 6.81. The van der Waals surface area contributed by atoms with E-state index < -0.39 is 0 Å². The third-order valence-corrected chi connectivity index (χ3v) is 5.02. The Morgan fingerprint density at radius 3 is 2.22 bits per heavy atom. The molecule has 1 aliphatic rings. The van der Waals surface area contributed by atoms with Crippen LogP contribution in [0.3, 0.4) is 0 Å². The smallest absolute Gasteiger partial charge is 0.321 e. The van der Waals surface area contributed by atoms with Crippen molar-refractivity contribution in [1.29, 1.82) is 0 Å². The summed E-state index contributed by atoms with van der Waals surface area (Å²) >= 11 is 6.10. The van der Waals surface area contributed by atoms with Gasteiger partial charge >= 0.3 is 6.03 Å². The van der Waals surface area contributed by atoms with E-state index in [1.165, 1.54) is 0 Å². The minimum atomic E-state index is -0.188. The minimum Gasteiger partial charge on any atom is -0.497 e. The van der Waals surface area contributed by atoms with Crippen LogP contribution >= 0.6 is 11.6 Å². The summed E-state index contributed by atoms with van der Waals surface area (Å²) in [4.78, 5) is 28.5. The first-order valence-electron chi connectivity index (χ1n) is 8.73. The van der Waals surface area contributed by atoms with Crippen LogP contribution in [-0.4, -0.2) is 55.0 Å². The molecule has 0 spiro atoms. The number of urea groups is 1. The molecule has 0 saturated carbocycles. The molecule has 0 radical (unpaired) electrons. The Kier molecular flexibility index (Phi) is 5.86. The molecule has 1 heterocycles. The third kappa shape index (κ3) is 4.52. The van der Waals surface area contributed by atoms with Gasteiger partial charge in [0.15, 0.2) is 0 Å². The van der Waals surface area contributed by atoms with Gasteiger partial charge in [0.25, 0.3) is 5.91 Å². The normalized spacial score (nSPS) is 14.0. The number of amides is 3. The molecule has 2 aromatic carbocycles. The minimum absolute atomic E-state index is 0.0389. The van der Waals surface area contributed by atoms with E-state index in [1.54, 1.807) is 47.2 Å². The number of nitrogens with zero attached hydrogens (tertiary/aromatic N) is 2. The van der Waals surface area contributed by atoms with Crippen LogP contribution < -0.4 is 10.1 Å². The number of hydrogen-bond donors (Lipinski definition) is 1.